The Morgan fingerprint density at radius 1 is 1.00 bits per heavy atom. The number of nitrogens with zero attached hydrogens (tertiary/aromatic N) is 3. The summed E-state index contributed by atoms with van der Waals surface area (Å²) in [5, 5.41) is 11.3. The number of rotatable bonds is 3. The average molecular weight is 455 g/mol. The van der Waals surface area contributed by atoms with Crippen LogP contribution in [0.2, 0.25) is 0 Å². The van der Waals surface area contributed by atoms with Crippen molar-refractivity contribution in [2.24, 2.45) is 5.92 Å². The van der Waals surface area contributed by atoms with E-state index in [4.69, 9.17) is 0 Å². The van der Waals surface area contributed by atoms with E-state index in [9.17, 15) is 22.7 Å². The molecule has 2 aromatic carbocycles. The first-order chi connectivity index (χ1) is 15.6. The molecule has 0 spiro atoms. The maximum Gasteiger partial charge on any atom is 0.425 e. The zero-order valence-corrected chi connectivity index (χ0v) is 17.9. The zero-order chi connectivity index (χ0) is 23.5. The number of benzene rings is 2. The number of likely N-dealkylation sites (N-methyl/N-ethyl adjacent to an activating group) is 1. The first kappa shape index (κ1) is 21.5. The molecule has 1 aliphatic carbocycles. The van der Waals surface area contributed by atoms with Crippen molar-refractivity contribution in [1.82, 2.24) is 14.5 Å². The van der Waals surface area contributed by atoms with E-state index in [2.05, 4.69) is 4.98 Å². The van der Waals surface area contributed by atoms with Crippen LogP contribution in [0, 0.1) is 18.7 Å². The molecule has 3 unspecified atom stereocenters. The predicted octanol–water partition coefficient (Wildman–Crippen LogP) is 5.16. The Bertz CT molecular complexity index is 1320. The first-order valence-electron chi connectivity index (χ1n) is 10.4. The van der Waals surface area contributed by atoms with Crippen LogP contribution < -0.4 is 0 Å². The Labute approximate surface area is 187 Å². The number of aryl methyl sites for hydroxylation is 1. The number of allylic oxidation sites excluding steroid dienone is 2. The van der Waals surface area contributed by atoms with Crippen LogP contribution in [-0.4, -0.2) is 38.8 Å². The summed E-state index contributed by atoms with van der Waals surface area (Å²) in [6.07, 6.45) is 3.42. The van der Waals surface area contributed by atoms with Crippen LogP contribution in [-0.2, 0) is 5.60 Å². The second kappa shape index (κ2) is 7.31. The fraction of sp³-hybridized carbons (Fsp3) is 0.240. The molecule has 4 nitrogen and oxygen atoms in total. The first-order valence-corrected chi connectivity index (χ1v) is 10.4. The quantitative estimate of drug-likeness (QED) is 0.555. The summed E-state index contributed by atoms with van der Waals surface area (Å²) in [4.78, 5) is 6.11. The van der Waals surface area contributed by atoms with Gasteiger partial charge in [-0.05, 0) is 48.9 Å². The van der Waals surface area contributed by atoms with Gasteiger partial charge in [0.15, 0.2) is 0 Å². The van der Waals surface area contributed by atoms with Gasteiger partial charge in [0.05, 0.1) is 17.1 Å². The van der Waals surface area contributed by atoms with Gasteiger partial charge < -0.3 is 10.0 Å². The molecule has 0 radical (unpaired) electrons. The molecule has 1 aromatic heterocycles. The summed E-state index contributed by atoms with van der Waals surface area (Å²) in [7, 11) is 1.70. The summed E-state index contributed by atoms with van der Waals surface area (Å²) >= 11 is 0. The van der Waals surface area contributed by atoms with Crippen LogP contribution >= 0.6 is 0 Å². The van der Waals surface area contributed by atoms with Crippen LogP contribution in [0.4, 0.5) is 17.6 Å². The number of fused-ring (bicyclic) bond motifs is 2. The summed E-state index contributed by atoms with van der Waals surface area (Å²) < 4.78 is 58.6. The normalized spacial score (nSPS) is 21.9. The van der Waals surface area contributed by atoms with Gasteiger partial charge in [-0.2, -0.15) is 13.2 Å². The number of hydrogen-bond acceptors (Lipinski definition) is 3. The Hall–Kier alpha value is -3.39. The predicted molar refractivity (Wildman–Crippen MR) is 117 cm³/mol. The lowest BCUT2D eigenvalue weighted by molar-refractivity contribution is -0.251. The highest BCUT2D eigenvalue weighted by atomic mass is 19.4. The molecule has 0 fully saturated rings. The highest BCUT2D eigenvalue weighted by Crippen LogP contribution is 2.51. The molecule has 0 saturated heterocycles. The molecule has 8 heteroatoms. The van der Waals surface area contributed by atoms with Crippen molar-refractivity contribution < 1.29 is 22.7 Å². The van der Waals surface area contributed by atoms with Crippen molar-refractivity contribution in [1.29, 1.82) is 0 Å². The molecular formula is C25H21F4N3O. The van der Waals surface area contributed by atoms with Gasteiger partial charge in [0, 0.05) is 30.4 Å². The number of imidazole rings is 1. The van der Waals surface area contributed by atoms with Crippen molar-refractivity contribution in [3.05, 3.63) is 95.7 Å². The number of hydrogen-bond donors (Lipinski definition) is 1. The molecular weight excluding hydrogens is 434 g/mol. The minimum Gasteiger partial charge on any atom is -0.373 e. The van der Waals surface area contributed by atoms with Gasteiger partial charge in [-0.15, -0.1) is 0 Å². The highest BCUT2D eigenvalue weighted by Gasteiger charge is 2.60. The van der Waals surface area contributed by atoms with Gasteiger partial charge in [-0.1, -0.05) is 30.4 Å². The van der Waals surface area contributed by atoms with Crippen molar-refractivity contribution in [3.8, 4) is 5.69 Å². The van der Waals surface area contributed by atoms with Crippen LogP contribution in [0.1, 0.15) is 11.4 Å². The monoisotopic (exact) mass is 455 g/mol. The minimum atomic E-state index is -4.95. The Morgan fingerprint density at radius 2 is 1.70 bits per heavy atom. The smallest absolute Gasteiger partial charge is 0.373 e. The second-order valence-electron chi connectivity index (χ2n) is 8.42. The molecule has 2 heterocycles. The second-order valence-corrected chi connectivity index (χ2v) is 8.42. The molecule has 0 saturated carbocycles. The maximum atomic E-state index is 14.5. The summed E-state index contributed by atoms with van der Waals surface area (Å²) in [6, 6.07) is 9.56. The van der Waals surface area contributed by atoms with E-state index in [0.29, 0.717) is 22.5 Å². The molecule has 33 heavy (non-hydrogen) atoms. The van der Waals surface area contributed by atoms with Gasteiger partial charge in [0.2, 0.25) is 5.60 Å². The molecule has 3 atom stereocenters. The number of aliphatic hydroxyl groups is 1. The van der Waals surface area contributed by atoms with Crippen molar-refractivity contribution in [2.45, 2.75) is 24.7 Å². The SMILES string of the molecule is Cc1nc2cc(C(O)(C3=CN(C)C4C=CC=CC34)C(F)(F)F)ccc2n1-c1ccc(F)cc1. The van der Waals surface area contributed by atoms with E-state index in [1.165, 1.54) is 36.5 Å². The molecule has 5 rings (SSSR count). The average Bonchev–Trinajstić information content (AvgIpc) is 3.29. The summed E-state index contributed by atoms with van der Waals surface area (Å²) in [5.41, 5.74) is -2.11. The maximum absolute atomic E-state index is 14.5. The van der Waals surface area contributed by atoms with Crippen LogP contribution in [0.3, 0.4) is 0 Å². The Morgan fingerprint density at radius 3 is 2.39 bits per heavy atom. The van der Waals surface area contributed by atoms with E-state index in [1.807, 2.05) is 6.08 Å². The fourth-order valence-electron chi connectivity index (χ4n) is 4.83. The lowest BCUT2D eigenvalue weighted by atomic mass is 9.77. The van der Waals surface area contributed by atoms with E-state index >= 15 is 0 Å². The van der Waals surface area contributed by atoms with E-state index in [0.717, 1.165) is 0 Å². The number of halogens is 4. The van der Waals surface area contributed by atoms with Gasteiger partial charge >= 0.3 is 6.18 Å². The summed E-state index contributed by atoms with van der Waals surface area (Å²) in [6.45, 7) is 1.72. The molecule has 2 aliphatic rings. The third kappa shape index (κ3) is 3.20. The van der Waals surface area contributed by atoms with Crippen molar-refractivity contribution in [2.75, 3.05) is 7.05 Å². The fourth-order valence-corrected chi connectivity index (χ4v) is 4.83. The minimum absolute atomic E-state index is 0.128. The summed E-state index contributed by atoms with van der Waals surface area (Å²) in [5.74, 6) is -0.469. The van der Waals surface area contributed by atoms with Gasteiger partial charge in [-0.25, -0.2) is 9.37 Å². The van der Waals surface area contributed by atoms with Crippen molar-refractivity contribution >= 4 is 11.0 Å². The van der Waals surface area contributed by atoms with Gasteiger partial charge in [0.1, 0.15) is 11.6 Å². The Kier molecular flexibility index (Phi) is 4.75. The van der Waals surface area contributed by atoms with E-state index in [1.54, 1.807) is 53.8 Å². The largest absolute Gasteiger partial charge is 0.425 e. The van der Waals surface area contributed by atoms with Crippen LogP contribution in [0.25, 0.3) is 16.7 Å². The molecule has 0 amide bonds. The van der Waals surface area contributed by atoms with Crippen molar-refractivity contribution in [3.63, 3.8) is 0 Å². The molecule has 1 aliphatic heterocycles. The molecule has 170 valence electrons. The lowest BCUT2D eigenvalue weighted by Crippen LogP contribution is -2.46. The third-order valence-corrected chi connectivity index (χ3v) is 6.43. The van der Waals surface area contributed by atoms with Gasteiger partial charge in [-0.3, -0.25) is 4.57 Å². The molecule has 0 bridgehead atoms. The van der Waals surface area contributed by atoms with Crippen LogP contribution in [0.15, 0.2) is 78.5 Å². The molecule has 3 aromatic rings. The third-order valence-electron chi connectivity index (χ3n) is 6.43. The number of alkyl halides is 3. The topological polar surface area (TPSA) is 41.3 Å². The zero-order valence-electron chi connectivity index (χ0n) is 17.9. The van der Waals surface area contributed by atoms with E-state index in [-0.39, 0.29) is 17.2 Å². The lowest BCUT2D eigenvalue weighted by Gasteiger charge is -2.35. The number of aromatic nitrogens is 2. The van der Waals surface area contributed by atoms with Gasteiger partial charge in [0.25, 0.3) is 0 Å². The Balaban J connectivity index is 1.66. The van der Waals surface area contributed by atoms with E-state index < -0.39 is 23.5 Å². The standard InChI is InChI=1S/C25H21F4N3O/c1-15-30-21-13-16(7-12-23(21)32(15)18-10-8-17(26)9-11-18)24(33,25(27,28)29)20-14-31(2)22-6-4-3-5-19(20)22/h3-14,19,22,33H,1-2H3. The van der Waals surface area contributed by atoms with Crippen LogP contribution in [0.5, 0.6) is 0 Å². The highest BCUT2D eigenvalue weighted by molar-refractivity contribution is 5.79. The molecule has 1 N–H and O–H groups in total.